The van der Waals surface area contributed by atoms with Gasteiger partial charge in [-0.05, 0) is 60.7 Å². The average Bonchev–Trinajstić information content (AvgIpc) is 2.74. The fraction of sp³-hybridized carbons (Fsp3) is 0.136. The van der Waals surface area contributed by atoms with Crippen molar-refractivity contribution in [3.05, 3.63) is 90.2 Å². The van der Waals surface area contributed by atoms with E-state index in [0.29, 0.717) is 5.69 Å². The normalized spacial score (nSPS) is 12.3. The van der Waals surface area contributed by atoms with E-state index in [4.69, 9.17) is 0 Å². The predicted molar refractivity (Wildman–Crippen MR) is 118 cm³/mol. The van der Waals surface area contributed by atoms with Crippen LogP contribution in [0.2, 0.25) is 0 Å². The van der Waals surface area contributed by atoms with E-state index in [1.807, 2.05) is 54.8 Å². The number of carbonyl (C=O) groups excluding carboxylic acids is 1. The van der Waals surface area contributed by atoms with Crippen LogP contribution < -0.4 is 10.0 Å². The highest BCUT2D eigenvalue weighted by Gasteiger charge is 2.26. The zero-order valence-electron chi connectivity index (χ0n) is 16.2. The molecule has 5 nitrogen and oxygen atoms in total. The van der Waals surface area contributed by atoms with Gasteiger partial charge in [0.15, 0.2) is 0 Å². The fourth-order valence-corrected chi connectivity index (χ4v) is 4.49. The molecular weight excluding hydrogens is 423 g/mol. The van der Waals surface area contributed by atoms with Crippen molar-refractivity contribution in [1.29, 1.82) is 0 Å². The molecule has 156 valence electrons. The van der Waals surface area contributed by atoms with Crippen molar-refractivity contribution < 1.29 is 17.6 Å². The van der Waals surface area contributed by atoms with Crippen LogP contribution in [-0.2, 0) is 21.2 Å². The lowest BCUT2D eigenvalue weighted by atomic mass is 10.1. The minimum Gasteiger partial charge on any atom is -0.325 e. The van der Waals surface area contributed by atoms with Gasteiger partial charge >= 0.3 is 0 Å². The Balaban J connectivity index is 1.85. The number of anilines is 1. The van der Waals surface area contributed by atoms with Crippen molar-refractivity contribution in [1.82, 2.24) is 4.72 Å². The zero-order chi connectivity index (χ0) is 21.6. The first-order chi connectivity index (χ1) is 14.4. The van der Waals surface area contributed by atoms with E-state index in [0.717, 1.165) is 34.7 Å². The number of amides is 1. The van der Waals surface area contributed by atoms with E-state index in [9.17, 15) is 17.6 Å². The first-order valence-electron chi connectivity index (χ1n) is 9.14. The van der Waals surface area contributed by atoms with Gasteiger partial charge in [0.05, 0.1) is 4.90 Å². The van der Waals surface area contributed by atoms with Crippen molar-refractivity contribution in [2.45, 2.75) is 22.3 Å². The molecular formula is C22H21FN2O3S2. The number of thioether (sulfide) groups is 1. The van der Waals surface area contributed by atoms with E-state index in [1.165, 1.54) is 11.8 Å². The Morgan fingerprint density at radius 1 is 1.00 bits per heavy atom. The van der Waals surface area contributed by atoms with Gasteiger partial charge in [-0.3, -0.25) is 4.79 Å². The van der Waals surface area contributed by atoms with Crippen LogP contribution in [0.25, 0.3) is 0 Å². The van der Waals surface area contributed by atoms with E-state index >= 15 is 0 Å². The molecule has 1 amide bonds. The lowest BCUT2D eigenvalue weighted by Gasteiger charge is -2.19. The first kappa shape index (κ1) is 22.0. The maximum absolute atomic E-state index is 13.2. The Bertz CT molecular complexity index is 1100. The molecule has 0 heterocycles. The molecule has 1 atom stereocenters. The smallest absolute Gasteiger partial charge is 0.242 e. The third-order valence-electron chi connectivity index (χ3n) is 4.36. The van der Waals surface area contributed by atoms with Crippen molar-refractivity contribution in [3.63, 3.8) is 0 Å². The molecule has 1 unspecified atom stereocenters. The molecule has 2 N–H and O–H groups in total. The summed E-state index contributed by atoms with van der Waals surface area (Å²) in [6.45, 7) is 0. The first-order valence-corrected chi connectivity index (χ1v) is 11.8. The summed E-state index contributed by atoms with van der Waals surface area (Å²) in [6, 6.07) is 19.8. The second kappa shape index (κ2) is 9.88. The van der Waals surface area contributed by atoms with Crippen LogP contribution in [0.5, 0.6) is 0 Å². The van der Waals surface area contributed by atoms with Gasteiger partial charge in [-0.2, -0.15) is 4.72 Å². The molecule has 0 bridgehead atoms. The van der Waals surface area contributed by atoms with Gasteiger partial charge < -0.3 is 5.32 Å². The van der Waals surface area contributed by atoms with Crippen LogP contribution in [0.4, 0.5) is 10.1 Å². The molecule has 30 heavy (non-hydrogen) atoms. The molecule has 0 aliphatic heterocycles. The van der Waals surface area contributed by atoms with Crippen LogP contribution in [0.3, 0.4) is 0 Å². The summed E-state index contributed by atoms with van der Waals surface area (Å²) < 4.78 is 41.2. The van der Waals surface area contributed by atoms with Gasteiger partial charge in [0.1, 0.15) is 11.9 Å². The maximum atomic E-state index is 13.2. The third kappa shape index (κ3) is 5.91. The Labute approximate surface area is 179 Å². The number of sulfonamides is 1. The highest BCUT2D eigenvalue weighted by molar-refractivity contribution is 7.98. The highest BCUT2D eigenvalue weighted by Crippen LogP contribution is 2.20. The summed E-state index contributed by atoms with van der Waals surface area (Å²) in [7, 11) is -4.03. The lowest BCUT2D eigenvalue weighted by molar-refractivity contribution is -0.117. The SMILES string of the molecule is CSc1cccc(NC(=O)C(Cc2ccccc2)NS(=O)(=O)c2ccc(F)cc2)c1. The molecule has 0 fully saturated rings. The number of hydrogen-bond donors (Lipinski definition) is 2. The van der Waals surface area contributed by atoms with Crippen molar-refractivity contribution in [2.24, 2.45) is 0 Å². The van der Waals surface area contributed by atoms with Crippen LogP contribution in [0.1, 0.15) is 5.56 Å². The zero-order valence-corrected chi connectivity index (χ0v) is 17.8. The molecule has 3 rings (SSSR count). The average molecular weight is 445 g/mol. The summed E-state index contributed by atoms with van der Waals surface area (Å²) in [4.78, 5) is 13.8. The largest absolute Gasteiger partial charge is 0.325 e. The molecule has 8 heteroatoms. The topological polar surface area (TPSA) is 75.3 Å². The van der Waals surface area contributed by atoms with Crippen LogP contribution in [0.15, 0.2) is 88.7 Å². The summed E-state index contributed by atoms with van der Waals surface area (Å²) in [6.07, 6.45) is 2.09. The van der Waals surface area contributed by atoms with Gasteiger partial charge in [-0.25, -0.2) is 12.8 Å². The summed E-state index contributed by atoms with van der Waals surface area (Å²) in [5, 5.41) is 2.78. The van der Waals surface area contributed by atoms with Crippen molar-refractivity contribution in [3.8, 4) is 0 Å². The molecule has 3 aromatic carbocycles. The number of rotatable bonds is 8. The molecule has 0 radical (unpaired) electrons. The van der Waals surface area contributed by atoms with Crippen LogP contribution >= 0.6 is 11.8 Å². The maximum Gasteiger partial charge on any atom is 0.242 e. The Hall–Kier alpha value is -2.68. The molecule has 0 aromatic heterocycles. The van der Waals surface area contributed by atoms with Crippen molar-refractivity contribution in [2.75, 3.05) is 11.6 Å². The number of benzene rings is 3. The second-order valence-electron chi connectivity index (χ2n) is 6.54. The standard InChI is InChI=1S/C22H21FN2O3S2/c1-29-19-9-5-8-18(15-19)24-22(26)21(14-16-6-3-2-4-7-16)25-30(27,28)20-12-10-17(23)11-13-20/h2-13,15,21,25H,14H2,1H3,(H,24,26). The third-order valence-corrected chi connectivity index (χ3v) is 6.57. The monoisotopic (exact) mass is 444 g/mol. The summed E-state index contributed by atoms with van der Waals surface area (Å²) in [5.41, 5.74) is 1.38. The van der Waals surface area contributed by atoms with Crippen LogP contribution in [0, 0.1) is 5.82 Å². The fourth-order valence-electron chi connectivity index (χ4n) is 2.84. The van der Waals surface area contributed by atoms with E-state index < -0.39 is 27.8 Å². The molecule has 0 saturated heterocycles. The van der Waals surface area contributed by atoms with E-state index in [2.05, 4.69) is 10.0 Å². The van der Waals surface area contributed by atoms with Crippen molar-refractivity contribution >= 4 is 33.4 Å². The van der Waals surface area contributed by atoms with Gasteiger partial charge in [0, 0.05) is 10.6 Å². The number of halogens is 1. The summed E-state index contributed by atoms with van der Waals surface area (Å²) in [5.74, 6) is -1.02. The Kier molecular flexibility index (Phi) is 7.25. The van der Waals surface area contributed by atoms with E-state index in [-0.39, 0.29) is 11.3 Å². The van der Waals surface area contributed by atoms with E-state index in [1.54, 1.807) is 6.07 Å². The lowest BCUT2D eigenvalue weighted by Crippen LogP contribution is -2.45. The quantitative estimate of drug-likeness (QED) is 0.514. The van der Waals surface area contributed by atoms with Gasteiger partial charge in [-0.1, -0.05) is 36.4 Å². The molecule has 0 spiro atoms. The van der Waals surface area contributed by atoms with Gasteiger partial charge in [0.25, 0.3) is 0 Å². The van der Waals surface area contributed by atoms with Gasteiger partial charge in [-0.15, -0.1) is 11.8 Å². The Morgan fingerprint density at radius 2 is 1.70 bits per heavy atom. The minimum atomic E-state index is -4.03. The highest BCUT2D eigenvalue weighted by atomic mass is 32.2. The molecule has 3 aromatic rings. The predicted octanol–water partition coefficient (Wildman–Crippen LogP) is 4.08. The number of carbonyl (C=O) groups is 1. The minimum absolute atomic E-state index is 0.112. The Morgan fingerprint density at radius 3 is 2.37 bits per heavy atom. The number of hydrogen-bond acceptors (Lipinski definition) is 4. The second-order valence-corrected chi connectivity index (χ2v) is 9.13. The molecule has 0 saturated carbocycles. The number of nitrogens with one attached hydrogen (secondary N) is 2. The summed E-state index contributed by atoms with van der Waals surface area (Å²) >= 11 is 1.54. The van der Waals surface area contributed by atoms with Crippen LogP contribution in [-0.4, -0.2) is 26.6 Å². The van der Waals surface area contributed by atoms with Gasteiger partial charge in [0.2, 0.25) is 15.9 Å². The molecule has 0 aliphatic carbocycles. The molecule has 0 aliphatic rings.